The SMILES string of the molecule is CCOC(=O)C(C(=O)Cc1ccccc1Cl)C(=O)OCC. The first-order chi connectivity index (χ1) is 10.0. The summed E-state index contributed by atoms with van der Waals surface area (Å²) in [6.45, 7) is 3.35. The highest BCUT2D eigenvalue weighted by Gasteiger charge is 2.36. The lowest BCUT2D eigenvalue weighted by atomic mass is 9.98. The zero-order valence-electron chi connectivity index (χ0n) is 11.9. The van der Waals surface area contributed by atoms with Crippen molar-refractivity contribution < 1.29 is 23.9 Å². The zero-order valence-corrected chi connectivity index (χ0v) is 12.7. The van der Waals surface area contributed by atoms with E-state index in [1.807, 2.05) is 0 Å². The second kappa shape index (κ2) is 8.42. The molecule has 0 saturated carbocycles. The molecular formula is C15H17ClO5. The molecule has 0 saturated heterocycles. The first kappa shape index (κ1) is 17.2. The van der Waals surface area contributed by atoms with Crippen LogP contribution in [-0.2, 0) is 30.3 Å². The number of benzene rings is 1. The summed E-state index contributed by atoms with van der Waals surface area (Å²) in [5, 5.41) is 0.400. The second-order valence-corrected chi connectivity index (χ2v) is 4.58. The molecule has 0 aliphatic rings. The Morgan fingerprint density at radius 2 is 1.57 bits per heavy atom. The van der Waals surface area contributed by atoms with Crippen LogP contribution in [-0.4, -0.2) is 30.9 Å². The first-order valence-corrected chi connectivity index (χ1v) is 6.98. The van der Waals surface area contributed by atoms with Crippen LogP contribution in [0, 0.1) is 5.92 Å². The Labute approximate surface area is 128 Å². The third-order valence-electron chi connectivity index (χ3n) is 2.69. The van der Waals surface area contributed by atoms with Crippen LogP contribution in [0.15, 0.2) is 24.3 Å². The van der Waals surface area contributed by atoms with Crippen molar-refractivity contribution in [1.82, 2.24) is 0 Å². The number of carbonyl (C=O) groups is 3. The number of hydrogen-bond acceptors (Lipinski definition) is 5. The molecule has 1 rings (SSSR count). The third-order valence-corrected chi connectivity index (χ3v) is 3.06. The molecule has 0 spiro atoms. The summed E-state index contributed by atoms with van der Waals surface area (Å²) in [5.74, 6) is -3.96. The van der Waals surface area contributed by atoms with Gasteiger partial charge >= 0.3 is 11.9 Å². The van der Waals surface area contributed by atoms with E-state index in [4.69, 9.17) is 21.1 Å². The lowest BCUT2D eigenvalue weighted by molar-refractivity contribution is -0.163. The number of ether oxygens (including phenoxy) is 2. The van der Waals surface area contributed by atoms with Crippen LogP contribution in [0.1, 0.15) is 19.4 Å². The molecule has 0 bridgehead atoms. The molecule has 6 heteroatoms. The van der Waals surface area contributed by atoms with Crippen molar-refractivity contribution in [2.75, 3.05) is 13.2 Å². The summed E-state index contributed by atoms with van der Waals surface area (Å²) in [6, 6.07) is 6.74. The average molecular weight is 313 g/mol. The smallest absolute Gasteiger partial charge is 0.328 e. The molecule has 0 atom stereocenters. The molecule has 0 unspecified atom stereocenters. The predicted octanol–water partition coefficient (Wildman–Crippen LogP) is 2.19. The fraction of sp³-hybridized carbons (Fsp3) is 0.400. The Hall–Kier alpha value is -1.88. The number of Topliss-reactive ketones (excluding diaryl/α,β-unsaturated/α-hetero) is 1. The molecule has 0 aliphatic heterocycles. The topological polar surface area (TPSA) is 69.7 Å². The van der Waals surface area contributed by atoms with Gasteiger partial charge in [0.15, 0.2) is 5.78 Å². The van der Waals surface area contributed by atoms with Crippen LogP contribution in [0.5, 0.6) is 0 Å². The van der Waals surface area contributed by atoms with Gasteiger partial charge in [-0.3, -0.25) is 14.4 Å². The Kier molecular flexibility index (Phi) is 6.88. The van der Waals surface area contributed by atoms with E-state index in [1.165, 1.54) is 0 Å². The van der Waals surface area contributed by atoms with Crippen LogP contribution in [0.2, 0.25) is 5.02 Å². The molecule has 0 fully saturated rings. The van der Waals surface area contributed by atoms with Crippen molar-refractivity contribution >= 4 is 29.3 Å². The van der Waals surface area contributed by atoms with Gasteiger partial charge in [-0.15, -0.1) is 0 Å². The summed E-state index contributed by atoms with van der Waals surface area (Å²) in [7, 11) is 0. The number of esters is 2. The van der Waals surface area contributed by atoms with Gasteiger partial charge in [-0.1, -0.05) is 29.8 Å². The van der Waals surface area contributed by atoms with Crippen LogP contribution >= 0.6 is 11.6 Å². The third kappa shape index (κ3) is 4.86. The number of halogens is 1. The fourth-order valence-electron chi connectivity index (χ4n) is 1.74. The maximum atomic E-state index is 12.2. The van der Waals surface area contributed by atoms with E-state index < -0.39 is 23.6 Å². The Morgan fingerprint density at radius 3 is 2.05 bits per heavy atom. The van der Waals surface area contributed by atoms with Crippen LogP contribution < -0.4 is 0 Å². The van der Waals surface area contributed by atoms with Crippen LogP contribution in [0.25, 0.3) is 0 Å². The lowest BCUT2D eigenvalue weighted by Gasteiger charge is -2.13. The normalized spacial score (nSPS) is 10.3. The molecule has 0 aromatic heterocycles. The molecule has 1 aromatic carbocycles. The highest BCUT2D eigenvalue weighted by molar-refractivity contribution is 6.31. The summed E-state index contributed by atoms with van der Waals surface area (Å²) >= 11 is 5.97. The monoisotopic (exact) mass is 312 g/mol. The number of carbonyl (C=O) groups excluding carboxylic acids is 3. The van der Waals surface area contributed by atoms with E-state index in [0.29, 0.717) is 10.6 Å². The van der Waals surface area contributed by atoms with E-state index in [-0.39, 0.29) is 19.6 Å². The summed E-state index contributed by atoms with van der Waals surface area (Å²) in [6.07, 6.45) is -0.137. The number of ketones is 1. The van der Waals surface area contributed by atoms with E-state index >= 15 is 0 Å². The quantitative estimate of drug-likeness (QED) is 0.570. The molecule has 0 N–H and O–H groups in total. The van der Waals surface area contributed by atoms with Crippen molar-refractivity contribution in [3.05, 3.63) is 34.9 Å². The highest BCUT2D eigenvalue weighted by Crippen LogP contribution is 2.18. The minimum atomic E-state index is -1.57. The van der Waals surface area contributed by atoms with Gasteiger partial charge in [0.05, 0.1) is 13.2 Å². The minimum absolute atomic E-state index is 0.0775. The highest BCUT2D eigenvalue weighted by atomic mass is 35.5. The van der Waals surface area contributed by atoms with Gasteiger partial charge in [0.1, 0.15) is 0 Å². The number of hydrogen-bond donors (Lipinski definition) is 0. The van der Waals surface area contributed by atoms with Crippen molar-refractivity contribution in [1.29, 1.82) is 0 Å². The maximum Gasteiger partial charge on any atom is 0.328 e. The van der Waals surface area contributed by atoms with Crippen LogP contribution in [0.4, 0.5) is 0 Å². The van der Waals surface area contributed by atoms with Gasteiger partial charge in [-0.05, 0) is 25.5 Å². The zero-order chi connectivity index (χ0) is 15.8. The molecular weight excluding hydrogens is 296 g/mol. The molecule has 0 heterocycles. The largest absolute Gasteiger partial charge is 0.465 e. The molecule has 0 radical (unpaired) electrons. The van der Waals surface area contributed by atoms with Crippen LogP contribution in [0.3, 0.4) is 0 Å². The van der Waals surface area contributed by atoms with E-state index in [1.54, 1.807) is 38.1 Å². The summed E-state index contributed by atoms with van der Waals surface area (Å²) < 4.78 is 9.53. The van der Waals surface area contributed by atoms with Gasteiger partial charge in [0.2, 0.25) is 5.92 Å². The van der Waals surface area contributed by atoms with Gasteiger partial charge in [-0.2, -0.15) is 0 Å². The van der Waals surface area contributed by atoms with E-state index in [0.717, 1.165) is 0 Å². The summed E-state index contributed by atoms with van der Waals surface area (Å²) in [4.78, 5) is 35.8. The van der Waals surface area contributed by atoms with Crippen molar-refractivity contribution in [2.45, 2.75) is 20.3 Å². The molecule has 114 valence electrons. The molecule has 1 aromatic rings. The van der Waals surface area contributed by atoms with Crippen molar-refractivity contribution in [2.24, 2.45) is 5.92 Å². The first-order valence-electron chi connectivity index (χ1n) is 6.60. The molecule has 0 amide bonds. The van der Waals surface area contributed by atoms with Crippen molar-refractivity contribution in [3.8, 4) is 0 Å². The van der Waals surface area contributed by atoms with Gasteiger partial charge < -0.3 is 9.47 Å². The van der Waals surface area contributed by atoms with Crippen molar-refractivity contribution in [3.63, 3.8) is 0 Å². The Bertz CT molecular complexity index is 509. The average Bonchev–Trinajstić information content (AvgIpc) is 2.42. The standard InChI is InChI=1S/C15H17ClO5/c1-3-20-14(18)13(15(19)21-4-2)12(17)9-10-7-5-6-8-11(10)16/h5-8,13H,3-4,9H2,1-2H3. The molecule has 21 heavy (non-hydrogen) atoms. The fourth-order valence-corrected chi connectivity index (χ4v) is 1.94. The number of rotatable bonds is 7. The second-order valence-electron chi connectivity index (χ2n) is 4.17. The molecule has 0 aliphatic carbocycles. The van der Waals surface area contributed by atoms with E-state index in [9.17, 15) is 14.4 Å². The lowest BCUT2D eigenvalue weighted by Crippen LogP contribution is -2.35. The Morgan fingerprint density at radius 1 is 1.05 bits per heavy atom. The molecule has 5 nitrogen and oxygen atoms in total. The van der Waals surface area contributed by atoms with Gasteiger partial charge in [-0.25, -0.2) is 0 Å². The summed E-state index contributed by atoms with van der Waals surface area (Å²) in [5.41, 5.74) is 0.544. The van der Waals surface area contributed by atoms with Gasteiger partial charge in [0, 0.05) is 11.4 Å². The minimum Gasteiger partial charge on any atom is -0.465 e. The van der Waals surface area contributed by atoms with E-state index in [2.05, 4.69) is 0 Å². The maximum absolute atomic E-state index is 12.2. The van der Waals surface area contributed by atoms with Gasteiger partial charge in [0.25, 0.3) is 0 Å². The Balaban J connectivity index is 2.92. The predicted molar refractivity (Wildman–Crippen MR) is 76.9 cm³/mol.